The molecule has 0 aromatic heterocycles. The summed E-state index contributed by atoms with van der Waals surface area (Å²) in [6.45, 7) is 4.70. The van der Waals surface area contributed by atoms with Gasteiger partial charge in [-0.1, -0.05) is 13.8 Å². The molecule has 0 saturated carbocycles. The Labute approximate surface area is 111 Å². The summed E-state index contributed by atoms with van der Waals surface area (Å²) in [5.74, 6) is 5.44. The maximum Gasteiger partial charge on any atom is 0.293 e. The van der Waals surface area contributed by atoms with Crippen molar-refractivity contribution in [1.29, 1.82) is 0 Å². The number of nitro groups is 1. The van der Waals surface area contributed by atoms with Gasteiger partial charge in [-0.3, -0.25) is 20.8 Å². The monoisotopic (exact) mass is 266 g/mol. The van der Waals surface area contributed by atoms with E-state index in [1.165, 1.54) is 18.2 Å². The molecule has 4 N–H and O–H groups in total. The van der Waals surface area contributed by atoms with E-state index in [9.17, 15) is 14.9 Å². The molecule has 0 saturated heterocycles. The smallest absolute Gasteiger partial charge is 0.293 e. The molecule has 0 unspecified atom stereocenters. The van der Waals surface area contributed by atoms with Crippen LogP contribution in [-0.4, -0.2) is 17.4 Å². The van der Waals surface area contributed by atoms with E-state index in [2.05, 4.69) is 24.6 Å². The molecule has 1 aromatic carbocycles. The van der Waals surface area contributed by atoms with Gasteiger partial charge in [0.1, 0.15) is 5.69 Å². The van der Waals surface area contributed by atoms with Crippen molar-refractivity contribution in [1.82, 2.24) is 5.32 Å². The van der Waals surface area contributed by atoms with Gasteiger partial charge >= 0.3 is 0 Å². The van der Waals surface area contributed by atoms with Crippen LogP contribution in [0.2, 0.25) is 0 Å². The summed E-state index contributed by atoms with van der Waals surface area (Å²) < 4.78 is 0. The largest absolute Gasteiger partial charge is 0.352 e. The number of nitrogens with one attached hydrogen (secondary N) is 2. The first-order valence-electron chi connectivity index (χ1n) is 5.99. The summed E-state index contributed by atoms with van der Waals surface area (Å²) in [6, 6.07) is 4.03. The Morgan fingerprint density at radius 1 is 1.47 bits per heavy atom. The van der Waals surface area contributed by atoms with Crippen LogP contribution in [0.15, 0.2) is 18.2 Å². The fraction of sp³-hybridized carbons (Fsp3) is 0.417. The molecule has 0 bridgehead atoms. The van der Waals surface area contributed by atoms with Crippen LogP contribution in [0.5, 0.6) is 0 Å². The number of nitro benzene ring substituents is 1. The predicted octanol–water partition coefficient (Wildman–Crippen LogP) is 1.66. The molecular weight excluding hydrogens is 248 g/mol. The molecule has 7 nitrogen and oxygen atoms in total. The van der Waals surface area contributed by atoms with Crippen molar-refractivity contribution in [3.05, 3.63) is 33.9 Å². The van der Waals surface area contributed by atoms with Crippen LogP contribution in [0.4, 0.5) is 11.4 Å². The highest BCUT2D eigenvalue weighted by Gasteiger charge is 2.15. The minimum absolute atomic E-state index is 0.113. The van der Waals surface area contributed by atoms with Gasteiger partial charge in [-0.15, -0.1) is 0 Å². The molecule has 1 aromatic rings. The van der Waals surface area contributed by atoms with Gasteiger partial charge in [0, 0.05) is 18.2 Å². The van der Waals surface area contributed by atoms with Crippen molar-refractivity contribution in [2.75, 3.05) is 12.0 Å². The van der Waals surface area contributed by atoms with Gasteiger partial charge in [0.2, 0.25) is 0 Å². The zero-order chi connectivity index (χ0) is 14.4. The summed E-state index contributed by atoms with van der Waals surface area (Å²) in [6.07, 6.45) is 0.876. The highest BCUT2D eigenvalue weighted by Crippen LogP contribution is 2.24. The van der Waals surface area contributed by atoms with E-state index >= 15 is 0 Å². The van der Waals surface area contributed by atoms with Crippen molar-refractivity contribution in [2.24, 2.45) is 11.8 Å². The molecule has 0 radical (unpaired) electrons. The molecule has 104 valence electrons. The average Bonchev–Trinajstić information content (AvgIpc) is 2.37. The van der Waals surface area contributed by atoms with Gasteiger partial charge in [-0.2, -0.15) is 0 Å². The molecule has 1 amide bonds. The topological polar surface area (TPSA) is 110 Å². The number of nitrogens with zero attached hydrogens (tertiary/aromatic N) is 1. The highest BCUT2D eigenvalue weighted by molar-refractivity contribution is 5.95. The molecule has 7 heteroatoms. The van der Waals surface area contributed by atoms with E-state index in [0.29, 0.717) is 18.0 Å². The second-order valence-corrected chi connectivity index (χ2v) is 4.57. The first-order chi connectivity index (χ1) is 8.95. The van der Waals surface area contributed by atoms with Gasteiger partial charge in [0.05, 0.1) is 4.92 Å². The SMILES string of the molecule is CC(C)CCNC(=O)c1ccc([N+](=O)[O-])c(NN)c1. The number of carbonyl (C=O) groups is 1. The van der Waals surface area contributed by atoms with Gasteiger partial charge in [-0.25, -0.2) is 0 Å². The minimum Gasteiger partial charge on any atom is -0.352 e. The lowest BCUT2D eigenvalue weighted by atomic mass is 10.1. The van der Waals surface area contributed by atoms with Crippen LogP contribution in [0.1, 0.15) is 30.6 Å². The number of anilines is 1. The zero-order valence-corrected chi connectivity index (χ0v) is 11.0. The number of nitrogen functional groups attached to an aromatic ring is 1. The molecule has 0 spiro atoms. The molecule has 0 atom stereocenters. The van der Waals surface area contributed by atoms with E-state index < -0.39 is 4.92 Å². The third-order valence-electron chi connectivity index (χ3n) is 2.62. The normalized spacial score (nSPS) is 10.3. The summed E-state index contributed by atoms with van der Waals surface area (Å²) in [5.41, 5.74) is 2.51. The Morgan fingerprint density at radius 3 is 2.68 bits per heavy atom. The molecule has 1 rings (SSSR count). The second kappa shape index (κ2) is 6.69. The number of hydrogen-bond donors (Lipinski definition) is 3. The molecular formula is C12H18N4O3. The third kappa shape index (κ3) is 4.22. The van der Waals surface area contributed by atoms with Crippen molar-refractivity contribution < 1.29 is 9.72 Å². The highest BCUT2D eigenvalue weighted by atomic mass is 16.6. The molecule has 0 aliphatic heterocycles. The molecule has 0 fully saturated rings. The fourth-order valence-electron chi connectivity index (χ4n) is 1.53. The number of nitrogens with two attached hydrogens (primary N) is 1. The average molecular weight is 266 g/mol. The van der Waals surface area contributed by atoms with Crippen molar-refractivity contribution in [3.63, 3.8) is 0 Å². The van der Waals surface area contributed by atoms with Crippen LogP contribution in [-0.2, 0) is 0 Å². The number of amides is 1. The molecule has 19 heavy (non-hydrogen) atoms. The van der Waals surface area contributed by atoms with Crippen molar-refractivity contribution >= 4 is 17.3 Å². The third-order valence-corrected chi connectivity index (χ3v) is 2.62. The predicted molar refractivity (Wildman–Crippen MR) is 72.7 cm³/mol. The number of hydrogen-bond acceptors (Lipinski definition) is 5. The Morgan fingerprint density at radius 2 is 2.16 bits per heavy atom. The first kappa shape index (κ1) is 14.9. The van der Waals surface area contributed by atoms with Gasteiger partial charge in [-0.05, 0) is 24.5 Å². The minimum atomic E-state index is -0.560. The van der Waals surface area contributed by atoms with Crippen LogP contribution in [0.25, 0.3) is 0 Å². The van der Waals surface area contributed by atoms with Crippen LogP contribution >= 0.6 is 0 Å². The number of benzene rings is 1. The van der Waals surface area contributed by atoms with E-state index in [1.54, 1.807) is 0 Å². The zero-order valence-electron chi connectivity index (χ0n) is 11.0. The summed E-state index contributed by atoms with van der Waals surface area (Å²) >= 11 is 0. The molecule has 0 heterocycles. The lowest BCUT2D eigenvalue weighted by Gasteiger charge is -2.08. The fourth-order valence-corrected chi connectivity index (χ4v) is 1.53. The molecule has 0 aliphatic carbocycles. The van der Waals surface area contributed by atoms with Gasteiger partial charge < -0.3 is 10.7 Å². The van der Waals surface area contributed by atoms with E-state index in [4.69, 9.17) is 5.84 Å². The van der Waals surface area contributed by atoms with E-state index in [1.807, 2.05) is 0 Å². The van der Waals surface area contributed by atoms with Crippen molar-refractivity contribution in [3.8, 4) is 0 Å². The lowest BCUT2D eigenvalue weighted by molar-refractivity contribution is -0.384. The van der Waals surface area contributed by atoms with Crippen LogP contribution in [0.3, 0.4) is 0 Å². The lowest BCUT2D eigenvalue weighted by Crippen LogP contribution is -2.25. The summed E-state index contributed by atoms with van der Waals surface area (Å²) in [7, 11) is 0. The summed E-state index contributed by atoms with van der Waals surface area (Å²) in [4.78, 5) is 22.0. The van der Waals surface area contributed by atoms with Gasteiger partial charge in [0.25, 0.3) is 11.6 Å². The first-order valence-corrected chi connectivity index (χ1v) is 5.99. The van der Waals surface area contributed by atoms with Gasteiger partial charge in [0.15, 0.2) is 0 Å². The van der Waals surface area contributed by atoms with Crippen LogP contribution < -0.4 is 16.6 Å². The number of carbonyl (C=O) groups excluding carboxylic acids is 1. The van der Waals surface area contributed by atoms with E-state index in [-0.39, 0.29) is 17.3 Å². The maximum absolute atomic E-state index is 11.8. The van der Waals surface area contributed by atoms with Crippen molar-refractivity contribution in [2.45, 2.75) is 20.3 Å². The molecule has 0 aliphatic rings. The maximum atomic E-state index is 11.8. The second-order valence-electron chi connectivity index (χ2n) is 4.57. The summed E-state index contributed by atoms with van der Waals surface area (Å²) in [5, 5.41) is 13.5. The Hall–Kier alpha value is -2.15. The van der Waals surface area contributed by atoms with E-state index in [0.717, 1.165) is 6.42 Å². The Balaban J connectivity index is 2.78. The quantitative estimate of drug-likeness (QED) is 0.412. The Kier molecular flexibility index (Phi) is 5.25. The number of rotatable bonds is 6. The van der Waals surface area contributed by atoms with Crippen LogP contribution in [0, 0.1) is 16.0 Å². The number of hydrazine groups is 1. The Bertz CT molecular complexity index is 474. The standard InChI is InChI=1S/C12H18N4O3/c1-8(2)5-6-14-12(17)9-3-4-11(16(18)19)10(7-9)15-13/h3-4,7-8,15H,5-6,13H2,1-2H3,(H,14,17).